The number of nitrogens with zero attached hydrogens (tertiary/aromatic N) is 1. The minimum atomic E-state index is -2.03. The van der Waals surface area contributed by atoms with E-state index in [9.17, 15) is 0 Å². The molecule has 0 spiro atoms. The van der Waals surface area contributed by atoms with Crippen LogP contribution in [0.25, 0.3) is 0 Å². The molecule has 4 atom stereocenters. The second-order valence-corrected chi connectivity index (χ2v) is 20.8. The summed E-state index contributed by atoms with van der Waals surface area (Å²) in [7, 11) is -3.93. The van der Waals surface area contributed by atoms with Gasteiger partial charge in [-0.2, -0.15) is 0 Å². The van der Waals surface area contributed by atoms with E-state index in [-0.39, 0.29) is 34.6 Å². The predicted octanol–water partition coefficient (Wildman–Crippen LogP) is 5.25. The molecule has 0 aliphatic carbocycles. The van der Waals surface area contributed by atoms with Gasteiger partial charge in [-0.15, -0.1) is 0 Å². The lowest BCUT2D eigenvalue weighted by molar-refractivity contribution is -0.0419. The highest BCUT2D eigenvalue weighted by molar-refractivity contribution is 7.80. The maximum atomic E-state index is 6.79. The summed E-state index contributed by atoms with van der Waals surface area (Å²) in [6.07, 6.45) is 0.718. The van der Waals surface area contributed by atoms with Crippen molar-refractivity contribution in [2.24, 2.45) is 0 Å². The molecule has 0 amide bonds. The fourth-order valence-electron chi connectivity index (χ4n) is 2.82. The Kier molecular flexibility index (Phi) is 6.67. The molecule has 2 aliphatic heterocycles. The van der Waals surface area contributed by atoms with Crippen LogP contribution >= 0.6 is 12.2 Å². The summed E-state index contributed by atoms with van der Waals surface area (Å²) < 4.78 is 25.6. The van der Waals surface area contributed by atoms with Crippen LogP contribution in [-0.2, 0) is 18.3 Å². The number of hydrogen-bond donors (Lipinski definition) is 0. The minimum absolute atomic E-state index is 0.0904. The zero-order valence-electron chi connectivity index (χ0n) is 19.3. The molecule has 2 rings (SSSR count). The molecule has 5 nitrogen and oxygen atoms in total. The second kappa shape index (κ2) is 7.78. The van der Waals surface area contributed by atoms with E-state index in [0.717, 1.165) is 0 Å². The fourth-order valence-corrected chi connectivity index (χ4v) is 5.44. The second-order valence-electron chi connectivity index (χ2n) is 10.9. The van der Waals surface area contributed by atoms with Gasteiger partial charge in [0, 0.05) is 6.20 Å². The van der Waals surface area contributed by atoms with Crippen molar-refractivity contribution in [3.05, 3.63) is 12.8 Å². The molecule has 8 heteroatoms. The van der Waals surface area contributed by atoms with Gasteiger partial charge in [-0.05, 0) is 48.5 Å². The van der Waals surface area contributed by atoms with Crippen molar-refractivity contribution in [3.8, 4) is 0 Å². The van der Waals surface area contributed by atoms with Crippen molar-refractivity contribution in [1.29, 1.82) is 0 Å². The SMILES string of the molecule is C=CN1C(=S)O[C@H]2[C@H](O[Si](C)(C)C(C)(C)C)[C@@H](CO[Si](C)(C)C(C)(C)C)O[C@H]21. The average Bonchev–Trinajstić information content (AvgIpc) is 2.98. The van der Waals surface area contributed by atoms with Gasteiger partial charge in [-0.3, -0.25) is 4.90 Å². The van der Waals surface area contributed by atoms with E-state index >= 15 is 0 Å². The van der Waals surface area contributed by atoms with Crippen molar-refractivity contribution in [3.63, 3.8) is 0 Å². The molecular formula is C20H39NO4SSi2. The molecule has 0 aromatic rings. The van der Waals surface area contributed by atoms with Gasteiger partial charge in [-0.25, -0.2) is 0 Å². The van der Waals surface area contributed by atoms with E-state index in [1.165, 1.54) is 0 Å². The summed E-state index contributed by atoms with van der Waals surface area (Å²) in [4.78, 5) is 1.79. The quantitative estimate of drug-likeness (QED) is 0.411. The summed E-state index contributed by atoms with van der Waals surface area (Å²) in [5, 5.41) is 0.632. The number of hydrogen-bond acceptors (Lipinski definition) is 5. The molecule has 0 saturated carbocycles. The van der Waals surface area contributed by atoms with E-state index in [4.69, 9.17) is 30.5 Å². The largest absolute Gasteiger partial charge is 0.460 e. The molecule has 162 valence electrons. The van der Waals surface area contributed by atoms with Gasteiger partial charge >= 0.3 is 0 Å². The first-order valence-electron chi connectivity index (χ1n) is 10.1. The topological polar surface area (TPSA) is 40.2 Å². The van der Waals surface area contributed by atoms with Crippen molar-refractivity contribution < 1.29 is 18.3 Å². The monoisotopic (exact) mass is 445 g/mol. The highest BCUT2D eigenvalue weighted by atomic mass is 32.1. The van der Waals surface area contributed by atoms with Crippen molar-refractivity contribution in [1.82, 2.24) is 4.90 Å². The predicted molar refractivity (Wildman–Crippen MR) is 123 cm³/mol. The summed E-state index contributed by atoms with van der Waals surface area (Å²) in [6, 6.07) is 0. The normalized spacial score (nSPS) is 29.1. The van der Waals surface area contributed by atoms with Gasteiger partial charge in [0.1, 0.15) is 12.2 Å². The molecule has 0 bridgehead atoms. The maximum absolute atomic E-state index is 6.79. The Balaban J connectivity index is 2.25. The molecule has 0 aromatic carbocycles. The fraction of sp³-hybridized carbons (Fsp3) is 0.850. The first kappa shape index (κ1) is 24.0. The molecular weight excluding hydrogens is 406 g/mol. The standard InChI is InChI=1S/C20H39NO4SSi2/c1-12-21-17-16(24-18(21)26)15(25-28(10,11)20(5,6)7)14(23-17)13-22-27(8,9)19(2,3)4/h12,14-17H,1,13H2,2-11H3/t14-,15-,16+,17-/m1/s1. The Morgan fingerprint density at radius 2 is 1.61 bits per heavy atom. The van der Waals surface area contributed by atoms with Gasteiger partial charge in [0.25, 0.3) is 5.17 Å². The number of rotatable bonds is 6. The zero-order valence-corrected chi connectivity index (χ0v) is 22.1. The van der Waals surface area contributed by atoms with Gasteiger partial charge in [0.05, 0.1) is 6.61 Å². The van der Waals surface area contributed by atoms with Gasteiger partial charge < -0.3 is 18.3 Å². The lowest BCUT2D eigenvalue weighted by Crippen LogP contribution is -2.51. The molecule has 0 N–H and O–H groups in total. The minimum Gasteiger partial charge on any atom is -0.460 e. The third-order valence-corrected chi connectivity index (χ3v) is 16.1. The van der Waals surface area contributed by atoms with Crippen molar-refractivity contribution in [2.75, 3.05) is 6.61 Å². The summed E-state index contributed by atoms with van der Waals surface area (Å²) >= 11 is 5.36. The molecule has 0 aromatic heterocycles. The van der Waals surface area contributed by atoms with Crippen molar-refractivity contribution >= 4 is 34.0 Å². The third kappa shape index (κ3) is 4.57. The van der Waals surface area contributed by atoms with E-state index in [1.54, 1.807) is 11.1 Å². The lowest BCUT2D eigenvalue weighted by atomic mass is 10.1. The van der Waals surface area contributed by atoms with Crippen LogP contribution in [0.15, 0.2) is 12.8 Å². The van der Waals surface area contributed by atoms with Crippen LogP contribution in [0, 0.1) is 0 Å². The highest BCUT2D eigenvalue weighted by Gasteiger charge is 2.57. The lowest BCUT2D eigenvalue weighted by Gasteiger charge is -2.41. The van der Waals surface area contributed by atoms with E-state index < -0.39 is 16.6 Å². The van der Waals surface area contributed by atoms with Crippen LogP contribution in [0.3, 0.4) is 0 Å². The highest BCUT2D eigenvalue weighted by Crippen LogP contribution is 2.43. The molecule has 2 aliphatic rings. The summed E-state index contributed by atoms with van der Waals surface area (Å²) in [6.45, 7) is 26.8. The summed E-state index contributed by atoms with van der Waals surface area (Å²) in [5.41, 5.74) is 0. The van der Waals surface area contributed by atoms with E-state index in [1.807, 2.05) is 0 Å². The Labute approximate surface area is 179 Å². The Bertz CT molecular complexity index is 612. The van der Waals surface area contributed by atoms with Crippen molar-refractivity contribution in [2.45, 2.75) is 102 Å². The van der Waals surface area contributed by atoms with Crippen LogP contribution < -0.4 is 0 Å². The van der Waals surface area contributed by atoms with E-state index in [2.05, 4.69) is 74.3 Å². The Morgan fingerprint density at radius 3 is 2.07 bits per heavy atom. The Morgan fingerprint density at radius 1 is 1.07 bits per heavy atom. The molecule has 28 heavy (non-hydrogen) atoms. The maximum Gasteiger partial charge on any atom is 0.266 e. The van der Waals surface area contributed by atoms with Crippen LogP contribution in [0.4, 0.5) is 0 Å². The van der Waals surface area contributed by atoms with Gasteiger partial charge in [0.2, 0.25) is 0 Å². The Hall–Kier alpha value is -0.256. The molecule has 0 radical (unpaired) electrons. The molecule has 2 heterocycles. The van der Waals surface area contributed by atoms with Crippen LogP contribution in [-0.4, -0.2) is 57.9 Å². The average molecular weight is 446 g/mol. The van der Waals surface area contributed by atoms with Crippen LogP contribution in [0.5, 0.6) is 0 Å². The van der Waals surface area contributed by atoms with Gasteiger partial charge in [-0.1, -0.05) is 48.1 Å². The zero-order chi connectivity index (χ0) is 21.7. The number of ether oxygens (including phenoxy) is 2. The van der Waals surface area contributed by atoms with Crippen LogP contribution in [0.2, 0.25) is 36.3 Å². The number of fused-ring (bicyclic) bond motifs is 1. The van der Waals surface area contributed by atoms with Gasteiger partial charge in [0.15, 0.2) is 29.0 Å². The molecule has 0 unspecified atom stereocenters. The first-order chi connectivity index (χ1) is 12.5. The third-order valence-electron chi connectivity index (χ3n) is 6.86. The van der Waals surface area contributed by atoms with E-state index in [0.29, 0.717) is 11.8 Å². The molecule has 2 fully saturated rings. The van der Waals surface area contributed by atoms with Crippen LogP contribution in [0.1, 0.15) is 41.5 Å². The molecule has 2 saturated heterocycles. The first-order valence-corrected chi connectivity index (χ1v) is 16.3. The number of thiocarbonyl (C=S) groups is 1. The summed E-state index contributed by atoms with van der Waals surface area (Å²) in [5.74, 6) is 0. The smallest absolute Gasteiger partial charge is 0.266 e.